The summed E-state index contributed by atoms with van der Waals surface area (Å²) in [5, 5.41) is 0. The van der Waals surface area contributed by atoms with Crippen molar-refractivity contribution in [2.45, 2.75) is 23.7 Å². The summed E-state index contributed by atoms with van der Waals surface area (Å²) in [6.45, 7) is -2.94. The second-order valence-corrected chi connectivity index (χ2v) is 7.97. The van der Waals surface area contributed by atoms with Crippen molar-refractivity contribution in [3.8, 4) is 0 Å². The van der Waals surface area contributed by atoms with Crippen LogP contribution in [0.1, 0.15) is 5.56 Å². The lowest BCUT2D eigenvalue weighted by atomic mass is 10.2. The van der Waals surface area contributed by atoms with E-state index in [0.29, 0.717) is 5.56 Å². The Balaban J connectivity index is 2.83. The van der Waals surface area contributed by atoms with Crippen LogP contribution in [-0.4, -0.2) is 47.2 Å². The molecule has 0 radical (unpaired) electrons. The molecule has 0 saturated carbocycles. The minimum Gasteiger partial charge on any atom is -0.374 e. The van der Waals surface area contributed by atoms with E-state index in [1.165, 1.54) is 12.1 Å². The van der Waals surface area contributed by atoms with Crippen LogP contribution in [0.2, 0.25) is 0 Å². The highest BCUT2D eigenvalue weighted by atomic mass is 32.2. The number of benzene rings is 1. The molecule has 0 aromatic heterocycles. The van der Waals surface area contributed by atoms with Crippen LogP contribution in [0.25, 0.3) is 0 Å². The van der Waals surface area contributed by atoms with Crippen LogP contribution < -0.4 is 0 Å². The van der Waals surface area contributed by atoms with E-state index in [1.807, 2.05) is 0 Å². The Morgan fingerprint density at radius 2 is 1.33 bits per heavy atom. The first-order valence-electron chi connectivity index (χ1n) is 6.72. The van der Waals surface area contributed by atoms with Crippen molar-refractivity contribution in [2.24, 2.45) is 0 Å². The SMILES string of the molecule is O=S(=O)(OC[C@H](COCc1ccccc1)OS(=O)(=O)C(F)(F)F)C(F)(F)F. The largest absolute Gasteiger partial charge is 0.523 e. The van der Waals surface area contributed by atoms with Gasteiger partial charge in [-0.2, -0.15) is 43.2 Å². The molecule has 7 nitrogen and oxygen atoms in total. The molecule has 0 heterocycles. The molecule has 0 aliphatic carbocycles. The Bertz CT molecular complexity index is 803. The maximum atomic E-state index is 12.4. The van der Waals surface area contributed by atoms with Gasteiger partial charge in [0, 0.05) is 0 Å². The summed E-state index contributed by atoms with van der Waals surface area (Å²) in [5.41, 5.74) is -11.2. The van der Waals surface area contributed by atoms with E-state index in [9.17, 15) is 43.2 Å². The Kier molecular flexibility index (Phi) is 7.63. The first-order valence-corrected chi connectivity index (χ1v) is 9.54. The van der Waals surface area contributed by atoms with Gasteiger partial charge in [-0.3, -0.25) is 8.37 Å². The van der Waals surface area contributed by atoms with Gasteiger partial charge in [-0.05, 0) is 5.56 Å². The van der Waals surface area contributed by atoms with Gasteiger partial charge in [-0.25, -0.2) is 0 Å². The molecule has 15 heteroatoms. The lowest BCUT2D eigenvalue weighted by Crippen LogP contribution is -2.37. The molecule has 0 saturated heterocycles. The molecule has 0 aliphatic heterocycles. The van der Waals surface area contributed by atoms with E-state index in [1.54, 1.807) is 18.2 Å². The zero-order chi connectivity index (χ0) is 20.9. The van der Waals surface area contributed by atoms with Crippen LogP contribution in [0.5, 0.6) is 0 Å². The van der Waals surface area contributed by atoms with Gasteiger partial charge in [0.25, 0.3) is 0 Å². The first kappa shape index (κ1) is 23.6. The quantitative estimate of drug-likeness (QED) is 0.326. The summed E-state index contributed by atoms with van der Waals surface area (Å²) < 4.78 is 129. The van der Waals surface area contributed by atoms with E-state index < -0.39 is 50.6 Å². The van der Waals surface area contributed by atoms with E-state index in [4.69, 9.17) is 4.74 Å². The maximum absolute atomic E-state index is 12.4. The summed E-state index contributed by atoms with van der Waals surface area (Å²) in [6.07, 6.45) is -2.31. The van der Waals surface area contributed by atoms with E-state index >= 15 is 0 Å². The number of halogens is 6. The molecule has 0 spiro atoms. The van der Waals surface area contributed by atoms with E-state index in [2.05, 4.69) is 8.37 Å². The van der Waals surface area contributed by atoms with Crippen LogP contribution in [-0.2, 0) is 39.9 Å². The third kappa shape index (κ3) is 7.25. The Morgan fingerprint density at radius 3 is 1.81 bits per heavy atom. The second-order valence-electron chi connectivity index (χ2n) is 4.80. The lowest BCUT2D eigenvalue weighted by Gasteiger charge is -2.19. The van der Waals surface area contributed by atoms with E-state index in [-0.39, 0.29) is 6.61 Å². The third-order valence-corrected chi connectivity index (χ3v) is 4.76. The zero-order valence-corrected chi connectivity index (χ0v) is 14.7. The van der Waals surface area contributed by atoms with Crippen LogP contribution in [0.3, 0.4) is 0 Å². The van der Waals surface area contributed by atoms with Crippen LogP contribution in [0.15, 0.2) is 30.3 Å². The predicted octanol–water partition coefficient (Wildman–Crippen LogP) is 2.30. The number of ether oxygens (including phenoxy) is 1. The minimum absolute atomic E-state index is 0.265. The molecule has 156 valence electrons. The topological polar surface area (TPSA) is 96.0 Å². The van der Waals surface area contributed by atoms with Crippen LogP contribution in [0.4, 0.5) is 26.3 Å². The molecule has 0 bridgehead atoms. The molecule has 0 unspecified atom stereocenters. The van der Waals surface area contributed by atoms with Gasteiger partial charge in [-0.1, -0.05) is 30.3 Å². The fraction of sp³-hybridized carbons (Fsp3) is 0.500. The van der Waals surface area contributed by atoms with Gasteiger partial charge in [-0.15, -0.1) is 0 Å². The Hall–Kier alpha value is -1.42. The third-order valence-electron chi connectivity index (χ3n) is 2.65. The van der Waals surface area contributed by atoms with Gasteiger partial charge in [0.2, 0.25) is 0 Å². The highest BCUT2D eigenvalue weighted by molar-refractivity contribution is 7.88. The fourth-order valence-electron chi connectivity index (χ4n) is 1.45. The van der Waals surface area contributed by atoms with Gasteiger partial charge in [0.1, 0.15) is 6.10 Å². The van der Waals surface area contributed by atoms with Crippen molar-refractivity contribution in [1.82, 2.24) is 0 Å². The normalized spacial score (nSPS) is 14.9. The van der Waals surface area contributed by atoms with Crippen molar-refractivity contribution in [3.63, 3.8) is 0 Å². The highest BCUT2D eigenvalue weighted by Crippen LogP contribution is 2.27. The summed E-state index contributed by atoms with van der Waals surface area (Å²) in [6, 6.07) is 7.88. The maximum Gasteiger partial charge on any atom is 0.523 e. The smallest absolute Gasteiger partial charge is 0.374 e. The summed E-state index contributed by atoms with van der Waals surface area (Å²) >= 11 is 0. The van der Waals surface area contributed by atoms with Gasteiger partial charge < -0.3 is 4.74 Å². The highest BCUT2D eigenvalue weighted by Gasteiger charge is 2.50. The number of alkyl halides is 6. The fourth-order valence-corrected chi connectivity index (χ4v) is 2.50. The molecule has 1 rings (SSSR count). The molecule has 0 aliphatic rings. The van der Waals surface area contributed by atoms with Gasteiger partial charge in [0.15, 0.2) is 0 Å². The number of hydrogen-bond donors (Lipinski definition) is 0. The summed E-state index contributed by atoms with van der Waals surface area (Å²) in [4.78, 5) is 0. The molecule has 1 aromatic rings. The average Bonchev–Trinajstić information content (AvgIpc) is 2.51. The average molecular weight is 446 g/mol. The molecule has 0 N–H and O–H groups in total. The predicted molar refractivity (Wildman–Crippen MR) is 76.9 cm³/mol. The standard InChI is InChI=1S/C12H12F6O7S2/c13-11(14,15)26(19,20)24-8-10(25-27(21,22)12(16,17)18)7-23-6-9-4-2-1-3-5-9/h1-5,10H,6-8H2/t10-/m0/s1. The van der Waals surface area contributed by atoms with Crippen molar-refractivity contribution in [1.29, 1.82) is 0 Å². The monoisotopic (exact) mass is 446 g/mol. The second kappa shape index (κ2) is 8.72. The van der Waals surface area contributed by atoms with Gasteiger partial charge >= 0.3 is 31.3 Å². The molecule has 1 aromatic carbocycles. The first-order chi connectivity index (χ1) is 12.2. The molecule has 1 atom stereocenters. The molecule has 27 heavy (non-hydrogen) atoms. The minimum atomic E-state index is -6.23. The number of rotatable bonds is 9. The van der Waals surface area contributed by atoms with Crippen LogP contribution in [0, 0.1) is 0 Å². The molecule has 0 fully saturated rings. The lowest BCUT2D eigenvalue weighted by molar-refractivity contribution is -0.0686. The van der Waals surface area contributed by atoms with E-state index in [0.717, 1.165) is 0 Å². The summed E-state index contributed by atoms with van der Waals surface area (Å²) in [7, 11) is -12.4. The summed E-state index contributed by atoms with van der Waals surface area (Å²) in [5.74, 6) is 0. The molecular weight excluding hydrogens is 434 g/mol. The Morgan fingerprint density at radius 1 is 0.815 bits per heavy atom. The molecule has 0 amide bonds. The van der Waals surface area contributed by atoms with Crippen LogP contribution >= 0.6 is 0 Å². The zero-order valence-electron chi connectivity index (χ0n) is 13.0. The van der Waals surface area contributed by atoms with Crippen molar-refractivity contribution in [3.05, 3.63) is 35.9 Å². The van der Waals surface area contributed by atoms with Crippen molar-refractivity contribution < 1.29 is 56.3 Å². The van der Waals surface area contributed by atoms with Gasteiger partial charge in [0.05, 0.1) is 19.8 Å². The molecular formula is C12H12F6O7S2. The Labute approximate surface area is 150 Å². The van der Waals surface area contributed by atoms with Crippen molar-refractivity contribution >= 4 is 20.2 Å². The number of hydrogen-bond acceptors (Lipinski definition) is 7. The van der Waals surface area contributed by atoms with Crippen molar-refractivity contribution in [2.75, 3.05) is 13.2 Å².